The second-order valence-corrected chi connectivity index (χ2v) is 7.24. The Morgan fingerprint density at radius 2 is 2.07 bits per heavy atom. The summed E-state index contributed by atoms with van der Waals surface area (Å²) in [6.45, 7) is 3.96. The van der Waals surface area contributed by atoms with Gasteiger partial charge in [-0.1, -0.05) is 32.8 Å². The number of benzene rings is 1. The lowest BCUT2D eigenvalue weighted by Gasteiger charge is -2.34. The van der Waals surface area contributed by atoms with Gasteiger partial charge in [0, 0.05) is 12.1 Å². The molecule has 3 atom stereocenters. The van der Waals surface area contributed by atoms with Crippen LogP contribution in [0.4, 0.5) is 0 Å². The maximum absolute atomic E-state index is 12.1. The molecule has 7 nitrogen and oxygen atoms in total. The minimum absolute atomic E-state index is 0.0848. The molecule has 1 aromatic rings. The SMILES string of the molecule is COc1cc(C=CC(=O)OCC(=O)NC2CCCC(C)C2C)ccc1OCC#N. The topological polar surface area (TPSA) is 97.7 Å². The molecule has 0 aromatic heterocycles. The van der Waals surface area contributed by atoms with Crippen molar-refractivity contribution < 1.29 is 23.8 Å². The van der Waals surface area contributed by atoms with Crippen molar-refractivity contribution in [3.05, 3.63) is 29.8 Å². The van der Waals surface area contributed by atoms with Crippen LogP contribution in [0.5, 0.6) is 11.5 Å². The van der Waals surface area contributed by atoms with E-state index in [1.54, 1.807) is 24.3 Å². The van der Waals surface area contributed by atoms with Crippen LogP contribution in [0.25, 0.3) is 6.08 Å². The Morgan fingerprint density at radius 3 is 2.79 bits per heavy atom. The van der Waals surface area contributed by atoms with Gasteiger partial charge in [0.25, 0.3) is 5.91 Å². The molecule has 0 heterocycles. The lowest BCUT2D eigenvalue weighted by molar-refractivity contribution is -0.144. The van der Waals surface area contributed by atoms with E-state index < -0.39 is 5.97 Å². The van der Waals surface area contributed by atoms with Crippen molar-refractivity contribution in [3.8, 4) is 17.6 Å². The van der Waals surface area contributed by atoms with Crippen molar-refractivity contribution in [3.63, 3.8) is 0 Å². The maximum Gasteiger partial charge on any atom is 0.331 e. The molecule has 0 bridgehead atoms. The van der Waals surface area contributed by atoms with Crippen LogP contribution in [0.3, 0.4) is 0 Å². The van der Waals surface area contributed by atoms with Crippen LogP contribution in [-0.4, -0.2) is 38.2 Å². The van der Waals surface area contributed by atoms with Gasteiger partial charge in [-0.3, -0.25) is 4.79 Å². The first kappa shape index (κ1) is 22.3. The summed E-state index contributed by atoms with van der Waals surface area (Å²) < 4.78 is 15.5. The number of carbonyl (C=O) groups is 2. The maximum atomic E-state index is 12.1. The Labute approximate surface area is 171 Å². The average Bonchev–Trinajstić information content (AvgIpc) is 2.72. The number of hydrogen-bond donors (Lipinski definition) is 1. The number of ether oxygens (including phenoxy) is 3. The van der Waals surface area contributed by atoms with Gasteiger partial charge >= 0.3 is 5.97 Å². The summed E-state index contributed by atoms with van der Waals surface area (Å²) in [6, 6.07) is 7.07. The summed E-state index contributed by atoms with van der Waals surface area (Å²) in [5.41, 5.74) is 0.692. The summed E-state index contributed by atoms with van der Waals surface area (Å²) in [7, 11) is 1.49. The Balaban J connectivity index is 1.83. The van der Waals surface area contributed by atoms with E-state index in [1.807, 2.05) is 6.07 Å². The molecule has 0 radical (unpaired) electrons. The van der Waals surface area contributed by atoms with Crippen molar-refractivity contribution in [2.24, 2.45) is 11.8 Å². The molecule has 1 aliphatic rings. The van der Waals surface area contributed by atoms with Crippen LogP contribution in [0.2, 0.25) is 0 Å². The Hall–Kier alpha value is -3.01. The van der Waals surface area contributed by atoms with E-state index in [4.69, 9.17) is 19.5 Å². The molecule has 0 saturated heterocycles. The van der Waals surface area contributed by atoms with E-state index in [9.17, 15) is 9.59 Å². The smallest absolute Gasteiger partial charge is 0.331 e. The summed E-state index contributed by atoms with van der Waals surface area (Å²) in [5, 5.41) is 11.6. The first-order chi connectivity index (χ1) is 13.9. The fraction of sp³-hybridized carbons (Fsp3) is 0.500. The minimum atomic E-state index is -0.603. The highest BCUT2D eigenvalue weighted by Gasteiger charge is 2.28. The summed E-state index contributed by atoms with van der Waals surface area (Å²) in [4.78, 5) is 24.0. The number of amides is 1. The lowest BCUT2D eigenvalue weighted by atomic mass is 9.78. The molecule has 156 valence electrons. The minimum Gasteiger partial charge on any atom is -0.493 e. The van der Waals surface area contributed by atoms with E-state index in [0.717, 1.165) is 12.8 Å². The highest BCUT2D eigenvalue weighted by molar-refractivity contribution is 5.89. The molecular weight excluding hydrogens is 372 g/mol. The van der Waals surface area contributed by atoms with Crippen molar-refractivity contribution in [1.29, 1.82) is 5.26 Å². The second kappa shape index (κ2) is 11.1. The third kappa shape index (κ3) is 6.83. The number of methoxy groups -OCH3 is 1. The van der Waals surface area contributed by atoms with E-state index in [1.165, 1.54) is 19.6 Å². The molecule has 3 unspecified atom stereocenters. The first-order valence-electron chi connectivity index (χ1n) is 9.76. The first-order valence-corrected chi connectivity index (χ1v) is 9.76. The van der Waals surface area contributed by atoms with Crippen molar-refractivity contribution in [2.45, 2.75) is 39.2 Å². The van der Waals surface area contributed by atoms with Crippen LogP contribution < -0.4 is 14.8 Å². The molecular formula is C22H28N2O5. The normalized spacial score (nSPS) is 21.2. The van der Waals surface area contributed by atoms with E-state index in [0.29, 0.717) is 28.9 Å². The van der Waals surface area contributed by atoms with Gasteiger partial charge in [-0.15, -0.1) is 0 Å². The highest BCUT2D eigenvalue weighted by Crippen LogP contribution is 2.29. The predicted molar refractivity (Wildman–Crippen MR) is 108 cm³/mol. The molecule has 2 rings (SSSR count). The van der Waals surface area contributed by atoms with Gasteiger partial charge in [0.05, 0.1) is 7.11 Å². The summed E-state index contributed by atoms with van der Waals surface area (Å²) >= 11 is 0. The monoisotopic (exact) mass is 400 g/mol. The highest BCUT2D eigenvalue weighted by atomic mass is 16.5. The number of esters is 1. The summed E-state index contributed by atoms with van der Waals surface area (Å²) in [6.07, 6.45) is 6.05. The second-order valence-electron chi connectivity index (χ2n) is 7.24. The molecule has 1 N–H and O–H groups in total. The van der Waals surface area contributed by atoms with Gasteiger partial charge in [0.1, 0.15) is 6.07 Å². The molecule has 1 saturated carbocycles. The van der Waals surface area contributed by atoms with Crippen molar-refractivity contribution >= 4 is 18.0 Å². The van der Waals surface area contributed by atoms with Gasteiger partial charge in [-0.2, -0.15) is 5.26 Å². The van der Waals surface area contributed by atoms with Crippen molar-refractivity contribution in [1.82, 2.24) is 5.32 Å². The quantitative estimate of drug-likeness (QED) is 0.532. The standard InChI is InChI=1S/C22H28N2O5/c1-15-5-4-6-18(16(15)2)24-21(25)14-29-22(26)10-8-17-7-9-19(28-12-11-23)20(13-17)27-3/h7-10,13,15-16,18H,4-6,12,14H2,1-3H3,(H,24,25). The molecule has 29 heavy (non-hydrogen) atoms. The Kier molecular flexibility index (Phi) is 8.53. The number of nitrogens with zero attached hydrogens (tertiary/aromatic N) is 1. The fourth-order valence-corrected chi connectivity index (χ4v) is 3.40. The lowest BCUT2D eigenvalue weighted by Crippen LogP contribution is -2.45. The number of nitrogens with one attached hydrogen (secondary N) is 1. The molecule has 1 aliphatic carbocycles. The van der Waals surface area contributed by atoms with Gasteiger partial charge in [-0.25, -0.2) is 4.79 Å². The predicted octanol–water partition coefficient (Wildman–Crippen LogP) is 3.09. The van der Waals surface area contributed by atoms with Crippen LogP contribution >= 0.6 is 0 Å². The molecule has 1 amide bonds. The number of rotatable bonds is 8. The van der Waals surface area contributed by atoms with E-state index in [2.05, 4.69) is 19.2 Å². The van der Waals surface area contributed by atoms with Gasteiger partial charge < -0.3 is 19.5 Å². The molecule has 1 aromatic carbocycles. The zero-order valence-corrected chi connectivity index (χ0v) is 17.1. The zero-order chi connectivity index (χ0) is 21.2. The number of hydrogen-bond acceptors (Lipinski definition) is 6. The Morgan fingerprint density at radius 1 is 1.28 bits per heavy atom. The molecule has 7 heteroatoms. The molecule has 0 spiro atoms. The van der Waals surface area contributed by atoms with Crippen LogP contribution in [0, 0.1) is 23.2 Å². The third-order valence-electron chi connectivity index (χ3n) is 5.29. The van der Waals surface area contributed by atoms with Crippen LogP contribution in [0.15, 0.2) is 24.3 Å². The molecule has 0 aliphatic heterocycles. The largest absolute Gasteiger partial charge is 0.493 e. The third-order valence-corrected chi connectivity index (χ3v) is 5.29. The van der Waals surface area contributed by atoms with Crippen LogP contribution in [-0.2, 0) is 14.3 Å². The zero-order valence-electron chi connectivity index (χ0n) is 17.1. The van der Waals surface area contributed by atoms with E-state index in [-0.39, 0.29) is 25.2 Å². The number of carbonyl (C=O) groups excluding carboxylic acids is 2. The Bertz CT molecular complexity index is 784. The van der Waals surface area contributed by atoms with Crippen molar-refractivity contribution in [2.75, 3.05) is 20.3 Å². The summed E-state index contributed by atoms with van der Waals surface area (Å²) in [5.74, 6) is 1.00. The molecule has 1 fully saturated rings. The van der Waals surface area contributed by atoms with Crippen LogP contribution in [0.1, 0.15) is 38.7 Å². The van der Waals surface area contributed by atoms with Gasteiger partial charge in [-0.05, 0) is 42.0 Å². The van der Waals surface area contributed by atoms with E-state index >= 15 is 0 Å². The number of nitriles is 1. The average molecular weight is 400 g/mol. The fourth-order valence-electron chi connectivity index (χ4n) is 3.40. The van der Waals surface area contributed by atoms with Gasteiger partial charge in [0.15, 0.2) is 24.7 Å². The van der Waals surface area contributed by atoms with Gasteiger partial charge in [0.2, 0.25) is 0 Å².